The molecule has 9 heteroatoms. The van der Waals surface area contributed by atoms with Crippen LogP contribution in [0.1, 0.15) is 30.4 Å². The minimum atomic E-state index is -1.43. The van der Waals surface area contributed by atoms with E-state index in [1.54, 1.807) is 0 Å². The lowest BCUT2D eigenvalue weighted by atomic mass is 10.1. The van der Waals surface area contributed by atoms with Crippen LogP contribution in [0, 0.1) is 0 Å². The Bertz CT molecular complexity index is 879. The second kappa shape index (κ2) is 8.15. The highest BCUT2D eigenvalue weighted by Gasteiger charge is 2.43. The van der Waals surface area contributed by atoms with Gasteiger partial charge < -0.3 is 24.8 Å². The topological polar surface area (TPSA) is 134 Å². The molecule has 0 amide bonds. The van der Waals surface area contributed by atoms with Crippen molar-refractivity contribution in [2.75, 3.05) is 6.61 Å². The van der Waals surface area contributed by atoms with Crippen LogP contribution >= 0.6 is 0 Å². The number of benzene rings is 1. The van der Waals surface area contributed by atoms with E-state index in [-0.39, 0.29) is 18.3 Å². The number of nitrogens with one attached hydrogen (secondary N) is 1. The zero-order chi connectivity index (χ0) is 19.6. The molecular weight excluding hydrogens is 356 g/mol. The molecule has 1 aliphatic rings. The van der Waals surface area contributed by atoms with Crippen molar-refractivity contribution in [1.82, 2.24) is 9.55 Å². The molecule has 0 aliphatic carbocycles. The summed E-state index contributed by atoms with van der Waals surface area (Å²) in [6.07, 6.45) is -4.08. The van der Waals surface area contributed by atoms with Crippen LogP contribution in [0.5, 0.6) is 0 Å². The molecule has 0 bridgehead atoms. The van der Waals surface area contributed by atoms with Crippen molar-refractivity contribution in [3.05, 3.63) is 68.5 Å². The molecule has 27 heavy (non-hydrogen) atoms. The summed E-state index contributed by atoms with van der Waals surface area (Å²) in [7, 11) is 0. The minimum absolute atomic E-state index is 0.0690. The highest BCUT2D eigenvalue weighted by atomic mass is 16.6. The SMILES string of the molecule is CC(OCc1cn([C@@H]2O[C@H](CO)[C@@H](O)[C@H]2O)c(=O)[nH]c1=O)c1ccccc1. The van der Waals surface area contributed by atoms with E-state index in [9.17, 15) is 24.9 Å². The molecule has 1 aliphatic heterocycles. The maximum Gasteiger partial charge on any atom is 0.330 e. The van der Waals surface area contributed by atoms with Gasteiger partial charge in [0.25, 0.3) is 5.56 Å². The number of aliphatic hydroxyl groups is 3. The molecule has 4 N–H and O–H groups in total. The van der Waals surface area contributed by atoms with Crippen LogP contribution in [-0.2, 0) is 16.1 Å². The lowest BCUT2D eigenvalue weighted by molar-refractivity contribution is -0.0554. The van der Waals surface area contributed by atoms with E-state index in [1.807, 2.05) is 37.3 Å². The molecule has 1 fully saturated rings. The van der Waals surface area contributed by atoms with Gasteiger partial charge in [0.05, 0.1) is 24.9 Å². The number of aromatic amines is 1. The molecule has 0 saturated carbocycles. The fourth-order valence-corrected chi connectivity index (χ4v) is 2.96. The predicted octanol–water partition coefficient (Wildman–Crippen LogP) is -0.574. The Kier molecular flexibility index (Phi) is 5.88. The van der Waals surface area contributed by atoms with E-state index in [1.165, 1.54) is 6.20 Å². The van der Waals surface area contributed by atoms with E-state index in [0.717, 1.165) is 10.1 Å². The van der Waals surface area contributed by atoms with Crippen molar-refractivity contribution in [2.24, 2.45) is 0 Å². The van der Waals surface area contributed by atoms with Gasteiger partial charge in [-0.2, -0.15) is 0 Å². The van der Waals surface area contributed by atoms with Crippen LogP contribution in [0.25, 0.3) is 0 Å². The van der Waals surface area contributed by atoms with Crippen molar-refractivity contribution in [2.45, 2.75) is 44.2 Å². The number of rotatable bonds is 6. The summed E-state index contributed by atoms with van der Waals surface area (Å²) in [5.41, 5.74) is -0.307. The average Bonchev–Trinajstić information content (AvgIpc) is 2.96. The highest BCUT2D eigenvalue weighted by Crippen LogP contribution is 2.28. The Morgan fingerprint density at radius 2 is 1.93 bits per heavy atom. The first-order chi connectivity index (χ1) is 12.9. The van der Waals surface area contributed by atoms with Gasteiger partial charge in [0.2, 0.25) is 0 Å². The molecule has 146 valence electrons. The smallest absolute Gasteiger partial charge is 0.330 e. The third-order valence-corrected chi connectivity index (χ3v) is 4.59. The van der Waals surface area contributed by atoms with Crippen molar-refractivity contribution >= 4 is 0 Å². The van der Waals surface area contributed by atoms with E-state index in [4.69, 9.17) is 9.47 Å². The fraction of sp³-hybridized carbons (Fsp3) is 0.444. The third-order valence-electron chi connectivity index (χ3n) is 4.59. The largest absolute Gasteiger partial charge is 0.394 e. The van der Waals surface area contributed by atoms with Crippen LogP contribution in [0.15, 0.2) is 46.1 Å². The van der Waals surface area contributed by atoms with Gasteiger partial charge in [0, 0.05) is 6.20 Å². The Balaban J connectivity index is 1.80. The first-order valence-corrected chi connectivity index (χ1v) is 8.55. The number of hydrogen-bond acceptors (Lipinski definition) is 7. The number of H-pyrrole nitrogens is 1. The minimum Gasteiger partial charge on any atom is -0.394 e. The lowest BCUT2D eigenvalue weighted by Gasteiger charge is -2.18. The third kappa shape index (κ3) is 4.02. The van der Waals surface area contributed by atoms with E-state index < -0.39 is 42.4 Å². The summed E-state index contributed by atoms with van der Waals surface area (Å²) >= 11 is 0. The Morgan fingerprint density at radius 3 is 2.56 bits per heavy atom. The monoisotopic (exact) mass is 378 g/mol. The van der Waals surface area contributed by atoms with Crippen LogP contribution < -0.4 is 11.2 Å². The molecule has 3 rings (SSSR count). The molecule has 2 aromatic rings. The molecule has 1 aromatic carbocycles. The number of hydrogen-bond donors (Lipinski definition) is 4. The summed E-state index contributed by atoms with van der Waals surface area (Å²) in [6, 6.07) is 9.44. The average molecular weight is 378 g/mol. The number of ether oxygens (including phenoxy) is 2. The van der Waals surface area contributed by atoms with Gasteiger partial charge >= 0.3 is 5.69 Å². The quantitative estimate of drug-likeness (QED) is 0.529. The molecule has 0 spiro atoms. The highest BCUT2D eigenvalue weighted by molar-refractivity contribution is 5.17. The van der Waals surface area contributed by atoms with Gasteiger partial charge in [-0.3, -0.25) is 14.3 Å². The second-order valence-corrected chi connectivity index (χ2v) is 6.41. The predicted molar refractivity (Wildman–Crippen MR) is 94.0 cm³/mol. The molecule has 1 aromatic heterocycles. The van der Waals surface area contributed by atoms with Crippen molar-refractivity contribution in [1.29, 1.82) is 0 Å². The molecular formula is C18H22N2O7. The first kappa shape index (κ1) is 19.5. The van der Waals surface area contributed by atoms with E-state index >= 15 is 0 Å². The maximum atomic E-state index is 12.1. The zero-order valence-electron chi connectivity index (χ0n) is 14.7. The summed E-state index contributed by atoms with van der Waals surface area (Å²) < 4.78 is 12.0. The molecule has 1 saturated heterocycles. The van der Waals surface area contributed by atoms with Crippen LogP contribution in [0.4, 0.5) is 0 Å². The summed E-state index contributed by atoms with van der Waals surface area (Å²) in [5, 5.41) is 29.1. The lowest BCUT2D eigenvalue weighted by Crippen LogP contribution is -2.39. The Morgan fingerprint density at radius 1 is 1.22 bits per heavy atom. The van der Waals surface area contributed by atoms with Gasteiger partial charge in [-0.15, -0.1) is 0 Å². The number of nitrogens with zero attached hydrogens (tertiary/aromatic N) is 1. The van der Waals surface area contributed by atoms with Crippen molar-refractivity contribution in [3.63, 3.8) is 0 Å². The van der Waals surface area contributed by atoms with Gasteiger partial charge in [0.15, 0.2) is 6.23 Å². The molecule has 9 nitrogen and oxygen atoms in total. The molecule has 0 radical (unpaired) electrons. The van der Waals surface area contributed by atoms with Gasteiger partial charge in [-0.05, 0) is 12.5 Å². The Labute approximate surface area is 154 Å². The van der Waals surface area contributed by atoms with E-state index in [2.05, 4.69) is 4.98 Å². The maximum absolute atomic E-state index is 12.1. The van der Waals surface area contributed by atoms with E-state index in [0.29, 0.717) is 0 Å². The molecule has 1 unspecified atom stereocenters. The van der Waals surface area contributed by atoms with Crippen LogP contribution in [-0.4, -0.2) is 49.8 Å². The number of aromatic nitrogens is 2. The summed E-state index contributed by atoms with van der Waals surface area (Å²) in [5.74, 6) is 0. The van der Waals surface area contributed by atoms with Crippen LogP contribution in [0.3, 0.4) is 0 Å². The van der Waals surface area contributed by atoms with Gasteiger partial charge in [0.1, 0.15) is 18.3 Å². The molecule has 2 heterocycles. The van der Waals surface area contributed by atoms with Crippen LogP contribution in [0.2, 0.25) is 0 Å². The second-order valence-electron chi connectivity index (χ2n) is 6.41. The fourth-order valence-electron chi connectivity index (χ4n) is 2.96. The van der Waals surface area contributed by atoms with Crippen molar-refractivity contribution < 1.29 is 24.8 Å². The normalized spacial score (nSPS) is 26.2. The van der Waals surface area contributed by atoms with Gasteiger partial charge in [-0.25, -0.2) is 4.79 Å². The summed E-state index contributed by atoms with van der Waals surface area (Å²) in [6.45, 7) is 1.25. The first-order valence-electron chi connectivity index (χ1n) is 8.55. The molecule has 5 atom stereocenters. The van der Waals surface area contributed by atoms with Crippen molar-refractivity contribution in [3.8, 4) is 0 Å². The summed E-state index contributed by atoms with van der Waals surface area (Å²) in [4.78, 5) is 26.4. The Hall–Kier alpha value is -2.30. The number of aliphatic hydroxyl groups excluding tert-OH is 3. The zero-order valence-corrected chi connectivity index (χ0v) is 14.7. The van der Waals surface area contributed by atoms with Gasteiger partial charge in [-0.1, -0.05) is 30.3 Å². The standard InChI is InChI=1S/C18H22N2O7/c1-10(11-5-3-2-4-6-11)26-9-12-7-20(18(25)19-16(12)24)17-15(23)14(22)13(8-21)27-17/h2-7,10,13-15,17,21-23H,8-9H2,1H3,(H,19,24,25)/t10?,13-,14-,15-,17-/m1/s1.